The molecule has 1 unspecified atom stereocenters. The maximum absolute atomic E-state index is 5.01. The van der Waals surface area contributed by atoms with Crippen LogP contribution in [0.2, 0.25) is 0 Å². The number of methoxy groups -OCH3 is 1. The molecule has 0 saturated carbocycles. The van der Waals surface area contributed by atoms with Crippen molar-refractivity contribution < 1.29 is 4.74 Å². The van der Waals surface area contributed by atoms with Gasteiger partial charge < -0.3 is 10.1 Å². The molecule has 4 heteroatoms. The summed E-state index contributed by atoms with van der Waals surface area (Å²) in [5, 5.41) is 4.64. The van der Waals surface area contributed by atoms with Crippen molar-refractivity contribution in [1.82, 2.24) is 5.32 Å². The van der Waals surface area contributed by atoms with Gasteiger partial charge in [0.05, 0.1) is 0 Å². The van der Waals surface area contributed by atoms with Gasteiger partial charge in [-0.1, -0.05) is 18.7 Å². The molecule has 0 aromatic carbocycles. The van der Waals surface area contributed by atoms with Crippen molar-refractivity contribution in [3.63, 3.8) is 0 Å². The van der Waals surface area contributed by atoms with Crippen LogP contribution in [-0.2, 0) is 4.74 Å². The van der Waals surface area contributed by atoms with Gasteiger partial charge in [-0.25, -0.2) is 0 Å². The van der Waals surface area contributed by atoms with Gasteiger partial charge in [0.1, 0.15) is 0 Å². The normalized spacial score (nSPS) is 27.3. The third-order valence-electron chi connectivity index (χ3n) is 2.98. The van der Waals surface area contributed by atoms with E-state index in [1.54, 1.807) is 7.11 Å². The van der Waals surface area contributed by atoms with Gasteiger partial charge in [-0.2, -0.15) is 0 Å². The van der Waals surface area contributed by atoms with Crippen LogP contribution in [-0.4, -0.2) is 36.7 Å². The first kappa shape index (κ1) is 13.8. The fourth-order valence-electron chi connectivity index (χ4n) is 1.55. The second-order valence-electron chi connectivity index (χ2n) is 4.57. The predicted octanol–water partition coefficient (Wildman–Crippen LogP) is 2.66. The number of hydrogen-bond acceptors (Lipinski definition) is 3. The number of aliphatic imine (C=N–C) groups is 1. The lowest BCUT2D eigenvalue weighted by molar-refractivity contribution is 0.192. The Morgan fingerprint density at radius 3 is 2.88 bits per heavy atom. The quantitative estimate of drug-likeness (QED) is 0.699. The molecule has 1 fully saturated rings. The summed E-state index contributed by atoms with van der Waals surface area (Å²) >= 11 is 1.86. The average Bonchev–Trinajstić information content (AvgIpc) is 2.66. The van der Waals surface area contributed by atoms with Crippen LogP contribution >= 0.6 is 11.8 Å². The third-order valence-corrected chi connectivity index (χ3v) is 4.26. The predicted molar refractivity (Wildman–Crippen MR) is 72.3 cm³/mol. The number of hydrogen-bond donors (Lipinski definition) is 1. The van der Waals surface area contributed by atoms with Crippen LogP contribution in [0.25, 0.3) is 0 Å². The molecule has 0 aliphatic carbocycles. The monoisotopic (exact) mass is 244 g/mol. The highest BCUT2D eigenvalue weighted by atomic mass is 32.2. The van der Waals surface area contributed by atoms with Gasteiger partial charge in [-0.05, 0) is 32.6 Å². The minimum absolute atomic E-state index is 0.263. The van der Waals surface area contributed by atoms with Crippen molar-refractivity contribution >= 4 is 16.9 Å². The van der Waals surface area contributed by atoms with Crippen molar-refractivity contribution in [3.8, 4) is 0 Å². The van der Waals surface area contributed by atoms with Crippen molar-refractivity contribution in [2.45, 2.75) is 45.1 Å². The molecule has 0 spiro atoms. The number of unbranched alkanes of at least 4 members (excludes halogenated alkanes) is 2. The van der Waals surface area contributed by atoms with Crippen molar-refractivity contribution in [3.05, 3.63) is 0 Å². The molecular formula is C12H24N2OS. The van der Waals surface area contributed by atoms with Gasteiger partial charge in [0.2, 0.25) is 0 Å². The molecule has 3 nitrogen and oxygen atoms in total. The zero-order chi connectivity index (χ0) is 11.9. The summed E-state index contributed by atoms with van der Waals surface area (Å²) in [6.45, 7) is 6.30. The summed E-state index contributed by atoms with van der Waals surface area (Å²) in [7, 11) is 1.75. The first-order valence-corrected chi connectivity index (χ1v) is 7.13. The smallest absolute Gasteiger partial charge is 0.157 e. The molecule has 94 valence electrons. The van der Waals surface area contributed by atoms with Gasteiger partial charge in [0, 0.05) is 31.6 Å². The molecule has 0 amide bonds. The van der Waals surface area contributed by atoms with E-state index in [-0.39, 0.29) is 5.54 Å². The number of nitrogens with zero attached hydrogens (tertiary/aromatic N) is 1. The molecule has 1 aliphatic rings. The zero-order valence-corrected chi connectivity index (χ0v) is 11.5. The molecule has 1 aliphatic heterocycles. The number of nitrogens with one attached hydrogen (secondary N) is 1. The number of thioether (sulfide) groups is 1. The molecule has 0 radical (unpaired) electrons. The molecular weight excluding hydrogens is 220 g/mol. The molecule has 0 aromatic heterocycles. The highest BCUT2D eigenvalue weighted by Crippen LogP contribution is 2.25. The van der Waals surface area contributed by atoms with Crippen LogP contribution in [0.5, 0.6) is 0 Å². The van der Waals surface area contributed by atoms with Crippen LogP contribution in [0.1, 0.15) is 39.5 Å². The number of amidine groups is 1. The Morgan fingerprint density at radius 1 is 1.44 bits per heavy atom. The van der Waals surface area contributed by atoms with Gasteiger partial charge in [-0.3, -0.25) is 4.99 Å². The second-order valence-corrected chi connectivity index (χ2v) is 5.53. The van der Waals surface area contributed by atoms with E-state index in [2.05, 4.69) is 24.2 Å². The summed E-state index contributed by atoms with van der Waals surface area (Å²) in [6.07, 6.45) is 4.68. The van der Waals surface area contributed by atoms with Gasteiger partial charge in [0.15, 0.2) is 5.17 Å². The maximum Gasteiger partial charge on any atom is 0.157 e. The Bertz CT molecular complexity index is 233. The number of ether oxygens (including phenoxy) is 1. The van der Waals surface area contributed by atoms with E-state index in [9.17, 15) is 0 Å². The fraction of sp³-hybridized carbons (Fsp3) is 0.917. The minimum Gasteiger partial charge on any atom is -0.385 e. The van der Waals surface area contributed by atoms with Gasteiger partial charge >= 0.3 is 0 Å². The Balaban J connectivity index is 2.12. The van der Waals surface area contributed by atoms with Crippen LogP contribution in [0.4, 0.5) is 0 Å². The SMILES string of the molecule is CCC1(C)CSC(=NCCCCCOC)N1. The summed E-state index contributed by atoms with van der Waals surface area (Å²) < 4.78 is 5.01. The second kappa shape index (κ2) is 7.17. The lowest BCUT2D eigenvalue weighted by atomic mass is 10.0. The van der Waals surface area contributed by atoms with E-state index >= 15 is 0 Å². The first-order valence-electron chi connectivity index (χ1n) is 6.14. The Labute approximate surface area is 103 Å². The van der Waals surface area contributed by atoms with E-state index in [1.165, 1.54) is 6.42 Å². The molecule has 1 heterocycles. The molecule has 16 heavy (non-hydrogen) atoms. The van der Waals surface area contributed by atoms with Gasteiger partial charge in [0.25, 0.3) is 0 Å². The molecule has 0 bridgehead atoms. The largest absolute Gasteiger partial charge is 0.385 e. The van der Waals surface area contributed by atoms with Crippen LogP contribution in [0, 0.1) is 0 Å². The van der Waals surface area contributed by atoms with Crippen LogP contribution < -0.4 is 5.32 Å². The average molecular weight is 244 g/mol. The van der Waals surface area contributed by atoms with Crippen molar-refractivity contribution in [2.75, 3.05) is 26.0 Å². The molecule has 1 saturated heterocycles. The fourth-order valence-corrected chi connectivity index (χ4v) is 2.78. The standard InChI is InChI=1S/C12H24N2OS/c1-4-12(2)10-16-11(14-12)13-8-6-5-7-9-15-3/h4-10H2,1-3H3,(H,13,14). The molecule has 1 N–H and O–H groups in total. The lowest BCUT2D eigenvalue weighted by Crippen LogP contribution is -2.39. The van der Waals surface area contributed by atoms with Crippen molar-refractivity contribution in [2.24, 2.45) is 4.99 Å². The first-order chi connectivity index (χ1) is 7.70. The Morgan fingerprint density at radius 2 is 2.25 bits per heavy atom. The highest BCUT2D eigenvalue weighted by Gasteiger charge is 2.30. The summed E-state index contributed by atoms with van der Waals surface area (Å²) in [5.74, 6) is 1.14. The summed E-state index contributed by atoms with van der Waals surface area (Å²) in [5.41, 5.74) is 0.263. The number of rotatable bonds is 7. The Hall–Kier alpha value is -0.220. The lowest BCUT2D eigenvalue weighted by Gasteiger charge is -2.20. The van der Waals surface area contributed by atoms with E-state index in [0.717, 1.165) is 43.3 Å². The summed E-state index contributed by atoms with van der Waals surface area (Å²) in [6, 6.07) is 0. The van der Waals surface area contributed by atoms with E-state index in [1.807, 2.05) is 11.8 Å². The minimum atomic E-state index is 0.263. The topological polar surface area (TPSA) is 33.6 Å². The van der Waals surface area contributed by atoms with E-state index in [0.29, 0.717) is 0 Å². The highest BCUT2D eigenvalue weighted by molar-refractivity contribution is 8.14. The van der Waals surface area contributed by atoms with Gasteiger partial charge in [-0.15, -0.1) is 0 Å². The van der Waals surface area contributed by atoms with Crippen LogP contribution in [0.3, 0.4) is 0 Å². The maximum atomic E-state index is 5.01. The zero-order valence-electron chi connectivity index (χ0n) is 10.7. The molecule has 0 aromatic rings. The van der Waals surface area contributed by atoms with E-state index in [4.69, 9.17) is 4.74 Å². The third kappa shape index (κ3) is 4.74. The molecule has 1 atom stereocenters. The van der Waals surface area contributed by atoms with E-state index < -0.39 is 0 Å². The summed E-state index contributed by atoms with van der Waals surface area (Å²) in [4.78, 5) is 4.59. The van der Waals surface area contributed by atoms with Crippen molar-refractivity contribution in [1.29, 1.82) is 0 Å². The molecule has 1 rings (SSSR count). The Kier molecular flexibility index (Phi) is 6.21. The van der Waals surface area contributed by atoms with Crippen LogP contribution in [0.15, 0.2) is 4.99 Å².